The Morgan fingerprint density at radius 3 is 2.43 bits per heavy atom. The zero-order valence-electron chi connectivity index (χ0n) is 17.2. The number of esters is 1. The Kier molecular flexibility index (Phi) is 6.34. The fourth-order valence-corrected chi connectivity index (χ4v) is 3.01. The normalized spacial score (nSPS) is 14.1. The van der Waals surface area contributed by atoms with E-state index in [1.807, 2.05) is 32.0 Å². The van der Waals surface area contributed by atoms with Gasteiger partial charge in [0.05, 0.1) is 10.5 Å². The van der Waals surface area contributed by atoms with Gasteiger partial charge in [-0.2, -0.15) is 0 Å². The number of nitrogens with zero attached hydrogens (tertiary/aromatic N) is 1. The van der Waals surface area contributed by atoms with E-state index in [1.165, 1.54) is 25.1 Å². The summed E-state index contributed by atoms with van der Waals surface area (Å²) >= 11 is 0. The van der Waals surface area contributed by atoms with Gasteiger partial charge in [0.2, 0.25) is 0 Å². The number of para-hydroxylation sites is 1. The monoisotopic (exact) mass is 411 g/mol. The van der Waals surface area contributed by atoms with Crippen molar-refractivity contribution in [3.05, 3.63) is 63.7 Å². The van der Waals surface area contributed by atoms with Crippen molar-refractivity contribution in [3.8, 4) is 0 Å². The number of hydrogen-bond acceptors (Lipinski definition) is 6. The summed E-state index contributed by atoms with van der Waals surface area (Å²) in [6.45, 7) is 5.49. The van der Waals surface area contributed by atoms with Gasteiger partial charge in [0, 0.05) is 17.8 Å². The average Bonchev–Trinajstić information content (AvgIpc) is 3.52. The lowest BCUT2D eigenvalue weighted by atomic mass is 10.0. The van der Waals surface area contributed by atoms with Gasteiger partial charge in [0.15, 0.2) is 6.10 Å². The Hall–Kier alpha value is -3.42. The molecule has 0 aromatic heterocycles. The lowest BCUT2D eigenvalue weighted by Crippen LogP contribution is -2.30. The first kappa shape index (κ1) is 21.3. The van der Waals surface area contributed by atoms with Crippen LogP contribution in [0.15, 0.2) is 42.5 Å². The van der Waals surface area contributed by atoms with Crippen LogP contribution < -0.4 is 10.6 Å². The highest BCUT2D eigenvalue weighted by Gasteiger charge is 2.27. The van der Waals surface area contributed by atoms with Gasteiger partial charge in [-0.15, -0.1) is 0 Å². The fraction of sp³-hybridized carbons (Fsp3) is 0.364. The molecular formula is C22H25N3O5. The molecule has 0 heterocycles. The summed E-state index contributed by atoms with van der Waals surface area (Å²) in [4.78, 5) is 35.8. The molecule has 0 aliphatic heterocycles. The number of nitrogens with one attached hydrogen (secondary N) is 2. The first-order chi connectivity index (χ1) is 14.3. The minimum absolute atomic E-state index is 0.0188. The van der Waals surface area contributed by atoms with Gasteiger partial charge in [-0.05, 0) is 49.4 Å². The van der Waals surface area contributed by atoms with Gasteiger partial charge in [-0.25, -0.2) is 4.79 Å². The number of nitro groups is 1. The molecule has 30 heavy (non-hydrogen) atoms. The fourth-order valence-electron chi connectivity index (χ4n) is 3.01. The molecule has 2 aromatic carbocycles. The number of benzene rings is 2. The Morgan fingerprint density at radius 1 is 1.10 bits per heavy atom. The summed E-state index contributed by atoms with van der Waals surface area (Å²) in [6, 6.07) is 11.8. The largest absolute Gasteiger partial charge is 0.449 e. The molecule has 0 saturated heterocycles. The highest BCUT2D eigenvalue weighted by atomic mass is 16.6. The Morgan fingerprint density at radius 2 is 1.80 bits per heavy atom. The molecule has 8 nitrogen and oxygen atoms in total. The molecule has 8 heteroatoms. The number of rotatable bonds is 8. The third-order valence-corrected chi connectivity index (χ3v) is 4.86. The third-order valence-electron chi connectivity index (χ3n) is 4.86. The number of hydrogen-bond donors (Lipinski definition) is 2. The molecule has 1 atom stereocenters. The second kappa shape index (κ2) is 8.94. The molecule has 3 rings (SSSR count). The van der Waals surface area contributed by atoms with E-state index in [9.17, 15) is 19.7 Å². The van der Waals surface area contributed by atoms with Crippen molar-refractivity contribution in [1.29, 1.82) is 0 Å². The number of carbonyl (C=O) groups is 2. The summed E-state index contributed by atoms with van der Waals surface area (Å²) < 4.78 is 5.24. The van der Waals surface area contributed by atoms with Crippen LogP contribution in [0.4, 0.5) is 17.1 Å². The molecule has 158 valence electrons. The van der Waals surface area contributed by atoms with Gasteiger partial charge in [-0.1, -0.05) is 32.0 Å². The molecule has 1 fully saturated rings. The zero-order valence-corrected chi connectivity index (χ0v) is 17.2. The SMILES string of the molecule is CC(C)c1ccccc1NC(=O)[C@@H](C)OC(=O)c1ccc(NC2CC2)c([N+](=O)[O-])c1. The molecule has 0 spiro atoms. The van der Waals surface area contributed by atoms with Crippen molar-refractivity contribution in [3.63, 3.8) is 0 Å². The van der Waals surface area contributed by atoms with Crippen LogP contribution in [0.1, 0.15) is 55.5 Å². The summed E-state index contributed by atoms with van der Waals surface area (Å²) in [7, 11) is 0. The molecule has 2 aromatic rings. The summed E-state index contributed by atoms with van der Waals surface area (Å²) in [5.41, 5.74) is 1.82. The molecule has 2 N–H and O–H groups in total. The quantitative estimate of drug-likeness (QED) is 0.376. The van der Waals surface area contributed by atoms with E-state index < -0.39 is 22.9 Å². The number of carbonyl (C=O) groups excluding carboxylic acids is 2. The van der Waals surface area contributed by atoms with Crippen LogP contribution in [0, 0.1) is 10.1 Å². The van der Waals surface area contributed by atoms with Crippen molar-refractivity contribution in [2.45, 2.75) is 51.7 Å². The van der Waals surface area contributed by atoms with Crippen molar-refractivity contribution in [2.75, 3.05) is 10.6 Å². The molecular weight excluding hydrogens is 386 g/mol. The molecule has 1 aliphatic carbocycles. The van der Waals surface area contributed by atoms with Crippen LogP contribution in [0.3, 0.4) is 0 Å². The van der Waals surface area contributed by atoms with Crippen LogP contribution in [0.2, 0.25) is 0 Å². The smallest absolute Gasteiger partial charge is 0.339 e. The van der Waals surface area contributed by atoms with E-state index in [-0.39, 0.29) is 23.2 Å². The van der Waals surface area contributed by atoms with Gasteiger partial charge in [-0.3, -0.25) is 14.9 Å². The number of ether oxygens (including phenoxy) is 1. The lowest BCUT2D eigenvalue weighted by molar-refractivity contribution is -0.384. The van der Waals surface area contributed by atoms with Crippen LogP contribution in [-0.2, 0) is 9.53 Å². The lowest BCUT2D eigenvalue weighted by Gasteiger charge is -2.17. The minimum atomic E-state index is -1.07. The molecule has 1 amide bonds. The molecule has 0 bridgehead atoms. The highest BCUT2D eigenvalue weighted by molar-refractivity contribution is 5.98. The van der Waals surface area contributed by atoms with Crippen LogP contribution in [0.5, 0.6) is 0 Å². The van der Waals surface area contributed by atoms with E-state index in [4.69, 9.17) is 4.74 Å². The number of anilines is 2. The molecule has 0 unspecified atom stereocenters. The highest BCUT2D eigenvalue weighted by Crippen LogP contribution is 2.32. The molecule has 1 saturated carbocycles. The summed E-state index contributed by atoms with van der Waals surface area (Å²) in [6.07, 6.45) is 0.863. The predicted molar refractivity (Wildman–Crippen MR) is 114 cm³/mol. The Balaban J connectivity index is 1.68. The summed E-state index contributed by atoms with van der Waals surface area (Å²) in [5, 5.41) is 17.2. The predicted octanol–water partition coefficient (Wildman–Crippen LogP) is 4.48. The van der Waals surface area contributed by atoms with E-state index in [2.05, 4.69) is 10.6 Å². The van der Waals surface area contributed by atoms with Crippen molar-refractivity contribution in [2.24, 2.45) is 0 Å². The molecule has 1 aliphatic rings. The average molecular weight is 411 g/mol. The van der Waals surface area contributed by atoms with E-state index in [1.54, 1.807) is 6.07 Å². The Bertz CT molecular complexity index is 969. The van der Waals surface area contributed by atoms with E-state index in [0.29, 0.717) is 11.4 Å². The van der Waals surface area contributed by atoms with E-state index >= 15 is 0 Å². The number of amides is 1. The van der Waals surface area contributed by atoms with Crippen molar-refractivity contribution < 1.29 is 19.2 Å². The first-order valence-corrected chi connectivity index (χ1v) is 9.92. The second-order valence-corrected chi connectivity index (χ2v) is 7.69. The maximum atomic E-state index is 12.5. The minimum Gasteiger partial charge on any atom is -0.449 e. The summed E-state index contributed by atoms with van der Waals surface area (Å²) in [5.74, 6) is -1.06. The topological polar surface area (TPSA) is 111 Å². The Labute approximate surface area is 174 Å². The van der Waals surface area contributed by atoms with Gasteiger partial charge in [0.1, 0.15) is 5.69 Å². The third kappa shape index (κ3) is 5.14. The van der Waals surface area contributed by atoms with Gasteiger partial charge < -0.3 is 15.4 Å². The van der Waals surface area contributed by atoms with Crippen LogP contribution in [0.25, 0.3) is 0 Å². The zero-order chi connectivity index (χ0) is 21.8. The maximum absolute atomic E-state index is 12.5. The van der Waals surface area contributed by atoms with Gasteiger partial charge in [0.25, 0.3) is 11.6 Å². The first-order valence-electron chi connectivity index (χ1n) is 9.92. The maximum Gasteiger partial charge on any atom is 0.339 e. The van der Waals surface area contributed by atoms with Crippen molar-refractivity contribution >= 4 is 28.9 Å². The number of nitro benzene ring substituents is 1. The molecule has 0 radical (unpaired) electrons. The second-order valence-electron chi connectivity index (χ2n) is 7.69. The standard InChI is InChI=1S/C22H25N3O5/c1-13(2)17-6-4-5-7-18(17)24-21(26)14(3)30-22(27)15-8-11-19(23-16-9-10-16)20(12-15)25(28)29/h4-8,11-14,16,23H,9-10H2,1-3H3,(H,24,26)/t14-/m1/s1. The van der Waals surface area contributed by atoms with Gasteiger partial charge >= 0.3 is 5.97 Å². The van der Waals surface area contributed by atoms with Crippen LogP contribution >= 0.6 is 0 Å². The van der Waals surface area contributed by atoms with E-state index in [0.717, 1.165) is 18.4 Å². The van der Waals surface area contributed by atoms with Crippen LogP contribution in [-0.4, -0.2) is 28.9 Å². The van der Waals surface area contributed by atoms with Crippen molar-refractivity contribution in [1.82, 2.24) is 0 Å².